The summed E-state index contributed by atoms with van der Waals surface area (Å²) in [6.07, 6.45) is 5.67. The zero-order chi connectivity index (χ0) is 13.9. The first-order valence-corrected chi connectivity index (χ1v) is 6.92. The fourth-order valence-corrected chi connectivity index (χ4v) is 2.73. The normalized spacial score (nSPS) is 19.9. The van der Waals surface area contributed by atoms with Gasteiger partial charge in [-0.25, -0.2) is 4.98 Å². The number of likely N-dealkylation sites (tertiary alicyclic amines) is 1. The van der Waals surface area contributed by atoms with E-state index in [4.69, 9.17) is 0 Å². The number of nitrogens with one attached hydrogen (secondary N) is 1. The molecule has 0 saturated carbocycles. The van der Waals surface area contributed by atoms with Gasteiger partial charge in [-0.05, 0) is 38.6 Å². The first-order valence-electron chi connectivity index (χ1n) is 6.92. The van der Waals surface area contributed by atoms with Gasteiger partial charge in [-0.15, -0.1) is 0 Å². The Balaban J connectivity index is 1.97. The lowest BCUT2D eigenvalue weighted by molar-refractivity contribution is 0.248. The second-order valence-corrected chi connectivity index (χ2v) is 5.36. The molecule has 1 saturated heterocycles. The van der Waals surface area contributed by atoms with Crippen molar-refractivity contribution in [2.45, 2.75) is 18.8 Å². The van der Waals surface area contributed by atoms with Gasteiger partial charge < -0.3 is 9.88 Å². The van der Waals surface area contributed by atoms with Crippen LogP contribution in [0, 0.1) is 0 Å². The number of nitrogens with zero attached hydrogens (tertiary/aromatic N) is 3. The van der Waals surface area contributed by atoms with Crippen LogP contribution in [-0.4, -0.2) is 40.0 Å². The summed E-state index contributed by atoms with van der Waals surface area (Å²) in [6.45, 7) is 2.08. The Morgan fingerprint density at radius 2 is 2.35 bits per heavy atom. The van der Waals surface area contributed by atoms with Crippen LogP contribution in [0.25, 0.3) is 11.4 Å². The van der Waals surface area contributed by atoms with E-state index in [2.05, 4.69) is 26.9 Å². The molecule has 0 aromatic carbocycles. The van der Waals surface area contributed by atoms with Crippen LogP contribution in [-0.2, 0) is 0 Å². The molecule has 0 amide bonds. The van der Waals surface area contributed by atoms with E-state index in [1.54, 1.807) is 18.5 Å². The third kappa shape index (κ3) is 2.77. The monoisotopic (exact) mass is 270 g/mol. The molecule has 104 valence electrons. The summed E-state index contributed by atoms with van der Waals surface area (Å²) in [4.78, 5) is 25.7. The highest BCUT2D eigenvalue weighted by Gasteiger charge is 2.21. The smallest absolute Gasteiger partial charge is 0.251 e. The van der Waals surface area contributed by atoms with Crippen molar-refractivity contribution in [3.63, 3.8) is 0 Å². The van der Waals surface area contributed by atoms with Gasteiger partial charge >= 0.3 is 0 Å². The zero-order valence-corrected chi connectivity index (χ0v) is 11.5. The van der Waals surface area contributed by atoms with Crippen molar-refractivity contribution in [1.82, 2.24) is 19.9 Å². The van der Waals surface area contributed by atoms with E-state index in [1.807, 2.05) is 12.1 Å². The quantitative estimate of drug-likeness (QED) is 0.901. The molecule has 1 aliphatic heterocycles. The topological polar surface area (TPSA) is 61.9 Å². The van der Waals surface area contributed by atoms with E-state index < -0.39 is 0 Å². The molecular weight excluding hydrogens is 252 g/mol. The highest BCUT2D eigenvalue weighted by atomic mass is 16.1. The fraction of sp³-hybridized carbons (Fsp3) is 0.400. The first kappa shape index (κ1) is 13.0. The highest BCUT2D eigenvalue weighted by Crippen LogP contribution is 2.25. The number of aromatic amines is 1. The Bertz CT molecular complexity index is 638. The third-order valence-corrected chi connectivity index (χ3v) is 3.74. The maximum Gasteiger partial charge on any atom is 0.251 e. The zero-order valence-electron chi connectivity index (χ0n) is 11.5. The predicted molar refractivity (Wildman–Crippen MR) is 77.6 cm³/mol. The van der Waals surface area contributed by atoms with Gasteiger partial charge in [-0.1, -0.05) is 0 Å². The molecule has 2 aromatic rings. The number of aromatic nitrogens is 3. The van der Waals surface area contributed by atoms with E-state index in [0.29, 0.717) is 11.7 Å². The molecule has 2 aromatic heterocycles. The standard InChI is InChI=1S/C15H18N4O/c1-19-7-3-5-12(10-19)13-8-14(20)18-15(17-13)11-4-2-6-16-9-11/h2,4,6,8-9,12H,3,5,7,10H2,1H3,(H,17,18,20). The molecule has 5 nitrogen and oxygen atoms in total. The van der Waals surface area contributed by atoms with Crippen molar-refractivity contribution in [2.24, 2.45) is 0 Å². The lowest BCUT2D eigenvalue weighted by Gasteiger charge is -2.29. The Morgan fingerprint density at radius 3 is 3.10 bits per heavy atom. The summed E-state index contributed by atoms with van der Waals surface area (Å²) < 4.78 is 0. The molecular formula is C15H18N4O. The van der Waals surface area contributed by atoms with Crippen LogP contribution in [0.1, 0.15) is 24.5 Å². The number of pyridine rings is 1. The second-order valence-electron chi connectivity index (χ2n) is 5.36. The molecule has 0 bridgehead atoms. The minimum Gasteiger partial charge on any atom is -0.306 e. The van der Waals surface area contributed by atoms with Crippen LogP contribution >= 0.6 is 0 Å². The van der Waals surface area contributed by atoms with Crippen LogP contribution in [0.5, 0.6) is 0 Å². The van der Waals surface area contributed by atoms with Crippen molar-refractivity contribution in [1.29, 1.82) is 0 Å². The van der Waals surface area contributed by atoms with Gasteiger partial charge in [0, 0.05) is 36.5 Å². The number of likely N-dealkylation sites (N-methyl/N-ethyl adjacent to an activating group) is 1. The van der Waals surface area contributed by atoms with Gasteiger partial charge in [0.25, 0.3) is 5.56 Å². The van der Waals surface area contributed by atoms with Crippen LogP contribution in [0.15, 0.2) is 35.4 Å². The minimum absolute atomic E-state index is 0.0953. The van der Waals surface area contributed by atoms with E-state index in [1.165, 1.54) is 0 Å². The van der Waals surface area contributed by atoms with Crippen molar-refractivity contribution in [2.75, 3.05) is 20.1 Å². The molecule has 1 N–H and O–H groups in total. The van der Waals surface area contributed by atoms with Crippen LogP contribution in [0.4, 0.5) is 0 Å². The average molecular weight is 270 g/mol. The van der Waals surface area contributed by atoms with E-state index in [-0.39, 0.29) is 5.56 Å². The number of piperidine rings is 1. The molecule has 1 atom stereocenters. The molecule has 1 aliphatic rings. The van der Waals surface area contributed by atoms with Gasteiger partial charge in [0.1, 0.15) is 5.82 Å². The van der Waals surface area contributed by atoms with E-state index >= 15 is 0 Å². The first-order chi connectivity index (χ1) is 9.72. The minimum atomic E-state index is -0.0953. The molecule has 0 radical (unpaired) electrons. The second kappa shape index (κ2) is 5.54. The van der Waals surface area contributed by atoms with Gasteiger partial charge in [-0.3, -0.25) is 9.78 Å². The molecule has 1 unspecified atom stereocenters. The van der Waals surface area contributed by atoms with Gasteiger partial charge in [0.05, 0.1) is 5.69 Å². The number of hydrogen-bond acceptors (Lipinski definition) is 4. The highest BCUT2D eigenvalue weighted by molar-refractivity contribution is 5.52. The summed E-state index contributed by atoms with van der Waals surface area (Å²) in [7, 11) is 2.11. The SMILES string of the molecule is CN1CCCC(c2cc(=O)[nH]c(-c3cccnc3)n2)C1. The van der Waals surface area contributed by atoms with Crippen molar-refractivity contribution >= 4 is 0 Å². The van der Waals surface area contributed by atoms with Crippen molar-refractivity contribution < 1.29 is 0 Å². The molecule has 5 heteroatoms. The summed E-state index contributed by atoms with van der Waals surface area (Å²) in [5.74, 6) is 0.945. The molecule has 3 heterocycles. The Hall–Kier alpha value is -2.01. The summed E-state index contributed by atoms with van der Waals surface area (Å²) in [5.41, 5.74) is 1.64. The molecule has 0 spiro atoms. The largest absolute Gasteiger partial charge is 0.306 e. The Kier molecular flexibility index (Phi) is 3.60. The van der Waals surface area contributed by atoms with Crippen molar-refractivity contribution in [3.8, 4) is 11.4 Å². The fourth-order valence-electron chi connectivity index (χ4n) is 2.73. The maximum atomic E-state index is 11.9. The summed E-state index contributed by atoms with van der Waals surface area (Å²) >= 11 is 0. The van der Waals surface area contributed by atoms with Crippen LogP contribution in [0.3, 0.4) is 0 Å². The summed E-state index contributed by atoms with van der Waals surface area (Å²) in [6, 6.07) is 5.38. The van der Waals surface area contributed by atoms with E-state index in [0.717, 1.165) is 37.2 Å². The molecule has 3 rings (SSSR count). The van der Waals surface area contributed by atoms with Crippen LogP contribution in [0.2, 0.25) is 0 Å². The molecule has 0 aliphatic carbocycles. The Morgan fingerprint density at radius 1 is 1.45 bits per heavy atom. The van der Waals surface area contributed by atoms with Crippen LogP contribution < -0.4 is 5.56 Å². The Labute approximate surface area is 117 Å². The lowest BCUT2D eigenvalue weighted by Crippen LogP contribution is -2.31. The molecule has 1 fully saturated rings. The number of rotatable bonds is 2. The third-order valence-electron chi connectivity index (χ3n) is 3.74. The number of hydrogen-bond donors (Lipinski definition) is 1. The lowest BCUT2D eigenvalue weighted by atomic mass is 9.95. The van der Waals surface area contributed by atoms with Crippen molar-refractivity contribution in [3.05, 3.63) is 46.6 Å². The van der Waals surface area contributed by atoms with Gasteiger partial charge in [0.2, 0.25) is 0 Å². The number of H-pyrrole nitrogens is 1. The van der Waals surface area contributed by atoms with E-state index in [9.17, 15) is 4.79 Å². The predicted octanol–water partition coefficient (Wildman–Crippen LogP) is 1.64. The van der Waals surface area contributed by atoms with Gasteiger partial charge in [0.15, 0.2) is 0 Å². The summed E-state index contributed by atoms with van der Waals surface area (Å²) in [5, 5.41) is 0. The molecule has 20 heavy (non-hydrogen) atoms. The van der Waals surface area contributed by atoms with Gasteiger partial charge in [-0.2, -0.15) is 0 Å². The average Bonchev–Trinajstić information content (AvgIpc) is 2.47. The maximum absolute atomic E-state index is 11.9.